The van der Waals surface area contributed by atoms with Crippen molar-refractivity contribution in [3.63, 3.8) is 0 Å². The first-order valence-electron chi connectivity index (χ1n) is 36.2. The number of rotatable bonds is 68. The molecule has 0 saturated carbocycles. The summed E-state index contributed by atoms with van der Waals surface area (Å²) in [4.78, 5) is 58.4. The number of aliphatic hydroxyl groups is 2. The van der Waals surface area contributed by atoms with Crippen molar-refractivity contribution in [1.82, 2.24) is 0 Å². The van der Waals surface area contributed by atoms with Crippen molar-refractivity contribution in [1.29, 1.82) is 0 Å². The largest absolute Gasteiger partial charge is 0.472 e. The predicted molar refractivity (Wildman–Crippen MR) is 380 cm³/mol. The van der Waals surface area contributed by atoms with Gasteiger partial charge in [-0.1, -0.05) is 271 Å². The lowest BCUT2D eigenvalue weighted by molar-refractivity contribution is -0.161. The zero-order valence-electron chi connectivity index (χ0n) is 58.1. The van der Waals surface area contributed by atoms with Crippen LogP contribution in [0.3, 0.4) is 0 Å². The third-order valence-electron chi connectivity index (χ3n) is 15.0. The first-order valence-corrected chi connectivity index (χ1v) is 39.2. The quantitative estimate of drug-likeness (QED) is 0.0146. The van der Waals surface area contributed by atoms with E-state index in [0.29, 0.717) is 19.3 Å². The van der Waals surface area contributed by atoms with Crippen LogP contribution in [-0.4, -0.2) is 95.9 Å². The summed E-state index contributed by atoms with van der Waals surface area (Å²) in [5.41, 5.74) is 0. The summed E-state index contributed by atoms with van der Waals surface area (Å²) in [5.74, 6) is -1.60. The third kappa shape index (κ3) is 69.4. The average molecular weight is 1350 g/mol. The van der Waals surface area contributed by atoms with Gasteiger partial charge in [-0.25, -0.2) is 9.13 Å². The highest BCUT2D eigenvalue weighted by atomic mass is 31.2. The van der Waals surface area contributed by atoms with Crippen molar-refractivity contribution < 1.29 is 75.8 Å². The molecule has 0 radical (unpaired) electrons. The summed E-state index contributed by atoms with van der Waals surface area (Å²) >= 11 is 0. The van der Waals surface area contributed by atoms with Crippen LogP contribution >= 0.6 is 15.6 Å². The van der Waals surface area contributed by atoms with Gasteiger partial charge in [0.25, 0.3) is 0 Å². The van der Waals surface area contributed by atoms with Gasteiger partial charge in [0.2, 0.25) is 0 Å². The maximum Gasteiger partial charge on any atom is 0.472 e. The fraction of sp³-hybridized carbons (Fsp3) is 0.720. The maximum atomic E-state index is 12.9. The third-order valence-corrected chi connectivity index (χ3v) is 16.9. The van der Waals surface area contributed by atoms with Crippen LogP contribution in [-0.2, 0) is 55.8 Å². The summed E-state index contributed by atoms with van der Waals surface area (Å²) in [6.07, 6.45) is 77.1. The number of phosphoric ester groups is 2. The lowest BCUT2D eigenvalue weighted by Crippen LogP contribution is -2.30. The number of phosphoric acid groups is 2. The molecule has 0 rings (SSSR count). The molecule has 0 bridgehead atoms. The van der Waals surface area contributed by atoms with E-state index in [1.807, 2.05) is 0 Å². The van der Waals surface area contributed by atoms with E-state index in [0.717, 1.165) is 141 Å². The first-order chi connectivity index (χ1) is 45.2. The number of unbranched alkanes of at least 4 members (excludes halogenated alkanes) is 27. The van der Waals surface area contributed by atoms with E-state index in [2.05, 4.69) is 130 Å². The Morgan fingerprint density at radius 1 is 0.312 bits per heavy atom. The lowest BCUT2D eigenvalue weighted by Gasteiger charge is -2.21. The molecule has 93 heavy (non-hydrogen) atoms. The zero-order chi connectivity index (χ0) is 68.1. The molecular weight excluding hydrogens is 1220 g/mol. The molecule has 536 valence electrons. The minimum atomic E-state index is -4.93. The normalized spacial score (nSPS) is 14.8. The first kappa shape index (κ1) is 89.2. The van der Waals surface area contributed by atoms with E-state index >= 15 is 0 Å². The smallest absolute Gasteiger partial charge is 0.463 e. The molecule has 0 amide bonds. The van der Waals surface area contributed by atoms with Gasteiger partial charge in [-0.3, -0.25) is 32.5 Å². The van der Waals surface area contributed by atoms with E-state index in [4.69, 9.17) is 32.3 Å². The fourth-order valence-electron chi connectivity index (χ4n) is 9.46. The van der Waals surface area contributed by atoms with Gasteiger partial charge >= 0.3 is 33.6 Å². The molecule has 0 fully saturated rings. The molecule has 4 N–H and O–H groups in total. The standard InChI is InChI=1S/C75H130O16P2/c1-4-7-10-13-16-19-22-24-26-28-30-32-33-34-35-37-39-40-42-44-47-49-52-55-58-61-73(78)85-64-70(76)65-87-92(81,82)88-66-71(77)67-89-93(83,84)90-69-72(91-75(80)63-60-57-54-51-46-21-18-15-12-9-6-3)68-86-74(79)62-59-56-53-50-48-45-43-41-38-36-31-29-27-25-23-20-17-14-11-8-5-2/h7,10,16-17,19-20,24-27,30-32,34-36,41,43,70-72,76-77H,4-6,8-9,11-15,18,21-23,28-29,33,37-40,42,44-69H2,1-3H3,(H,81,82)(H,83,84)/b10-7-,19-16-,20-17-,26-24-,27-25-,32-30-,35-34-,36-31-,43-41-. The molecule has 0 aromatic rings. The Labute approximate surface area is 564 Å². The number of ether oxygens (including phenoxy) is 3. The number of hydrogen-bond acceptors (Lipinski definition) is 14. The van der Waals surface area contributed by atoms with Crippen LogP contribution in [0.25, 0.3) is 0 Å². The zero-order valence-corrected chi connectivity index (χ0v) is 59.9. The van der Waals surface area contributed by atoms with Crippen LogP contribution < -0.4 is 0 Å². The number of carbonyl (C=O) groups is 3. The highest BCUT2D eigenvalue weighted by Crippen LogP contribution is 2.45. The summed E-state index contributed by atoms with van der Waals surface area (Å²) in [6, 6.07) is 0. The molecule has 0 heterocycles. The minimum absolute atomic E-state index is 0.101. The molecule has 5 atom stereocenters. The summed E-state index contributed by atoms with van der Waals surface area (Å²) in [5, 5.41) is 20.6. The number of carbonyl (C=O) groups excluding carboxylic acids is 3. The number of aliphatic hydroxyl groups excluding tert-OH is 2. The van der Waals surface area contributed by atoms with Crippen molar-refractivity contribution >= 4 is 33.6 Å². The van der Waals surface area contributed by atoms with Crippen LogP contribution in [0, 0.1) is 0 Å². The monoisotopic (exact) mass is 1350 g/mol. The molecule has 0 aromatic carbocycles. The van der Waals surface area contributed by atoms with Crippen molar-refractivity contribution in [2.75, 3.05) is 39.6 Å². The maximum absolute atomic E-state index is 12.9. The van der Waals surface area contributed by atoms with E-state index in [1.54, 1.807) is 0 Å². The van der Waals surface area contributed by atoms with Crippen LogP contribution in [0.2, 0.25) is 0 Å². The van der Waals surface area contributed by atoms with Crippen molar-refractivity contribution in [3.05, 3.63) is 109 Å². The Balaban J connectivity index is 4.54. The second-order valence-corrected chi connectivity index (χ2v) is 26.9. The lowest BCUT2D eigenvalue weighted by atomic mass is 10.1. The Morgan fingerprint density at radius 3 is 0.925 bits per heavy atom. The molecule has 0 aliphatic rings. The van der Waals surface area contributed by atoms with Gasteiger partial charge in [-0.2, -0.15) is 0 Å². The molecule has 0 spiro atoms. The number of esters is 3. The Kier molecular flexibility index (Phi) is 65.4. The van der Waals surface area contributed by atoms with Crippen molar-refractivity contribution in [2.45, 2.75) is 309 Å². The van der Waals surface area contributed by atoms with Gasteiger partial charge in [-0.05, 0) is 109 Å². The molecule has 0 aromatic heterocycles. The van der Waals surface area contributed by atoms with E-state index < -0.39 is 91.5 Å². The van der Waals surface area contributed by atoms with Gasteiger partial charge in [0.15, 0.2) is 6.10 Å². The molecule has 16 nitrogen and oxygen atoms in total. The van der Waals surface area contributed by atoms with Crippen LogP contribution in [0.4, 0.5) is 0 Å². The molecule has 0 aliphatic carbocycles. The second kappa shape index (κ2) is 68.2. The van der Waals surface area contributed by atoms with Crippen molar-refractivity contribution in [2.24, 2.45) is 0 Å². The van der Waals surface area contributed by atoms with Gasteiger partial charge in [0.05, 0.1) is 26.4 Å². The van der Waals surface area contributed by atoms with Gasteiger partial charge in [0, 0.05) is 19.3 Å². The highest BCUT2D eigenvalue weighted by molar-refractivity contribution is 7.47. The van der Waals surface area contributed by atoms with Crippen LogP contribution in [0.1, 0.15) is 290 Å². The minimum Gasteiger partial charge on any atom is -0.463 e. The van der Waals surface area contributed by atoms with E-state index in [1.165, 1.54) is 89.9 Å². The molecule has 0 aliphatic heterocycles. The van der Waals surface area contributed by atoms with Gasteiger partial charge < -0.3 is 34.2 Å². The Morgan fingerprint density at radius 2 is 0.570 bits per heavy atom. The molecule has 0 saturated heterocycles. The van der Waals surface area contributed by atoms with E-state index in [9.17, 15) is 43.5 Å². The van der Waals surface area contributed by atoms with Gasteiger partial charge in [0.1, 0.15) is 25.4 Å². The molecule has 5 unspecified atom stereocenters. The topological polar surface area (TPSA) is 231 Å². The average Bonchev–Trinajstić information content (AvgIpc) is 3.64. The molecular formula is C75H130O16P2. The molecule has 18 heteroatoms. The van der Waals surface area contributed by atoms with Crippen molar-refractivity contribution in [3.8, 4) is 0 Å². The Bertz CT molecular complexity index is 2130. The van der Waals surface area contributed by atoms with Gasteiger partial charge in [-0.15, -0.1) is 0 Å². The Hall–Kier alpha value is -3.79. The summed E-state index contributed by atoms with van der Waals surface area (Å²) < 4.78 is 60.9. The fourth-order valence-corrected chi connectivity index (χ4v) is 11.0. The van der Waals surface area contributed by atoms with E-state index in [-0.39, 0.29) is 19.3 Å². The highest BCUT2D eigenvalue weighted by Gasteiger charge is 2.29. The summed E-state index contributed by atoms with van der Waals surface area (Å²) in [6.45, 7) is 2.50. The van der Waals surface area contributed by atoms with Crippen LogP contribution in [0.15, 0.2) is 109 Å². The van der Waals surface area contributed by atoms with Crippen LogP contribution in [0.5, 0.6) is 0 Å². The number of allylic oxidation sites excluding steroid dienone is 18. The number of hydrogen-bond donors (Lipinski definition) is 4. The second-order valence-electron chi connectivity index (χ2n) is 24.0. The predicted octanol–water partition coefficient (Wildman–Crippen LogP) is 20.4. The SMILES string of the molecule is CC/C=C\C/C=C\C/C=C\C/C=C\C/C=C\CCCCCCCCCCCC(=O)OCC(O)COP(=O)(O)OCC(O)COP(=O)(O)OCC(COC(=O)CCCCCCC/C=C\C/C=C\C/C=C\C/C=C\CCCCC)OC(=O)CCCCCCCCCCCCC. The summed E-state index contributed by atoms with van der Waals surface area (Å²) in [7, 11) is -9.78.